The van der Waals surface area contributed by atoms with Gasteiger partial charge in [0.05, 0.1) is 23.7 Å². The molecular formula is C26H25N3O4. The van der Waals surface area contributed by atoms with Gasteiger partial charge < -0.3 is 14.8 Å². The molecule has 168 valence electrons. The number of fused-ring (bicyclic) bond motifs is 1. The molecule has 0 aliphatic carbocycles. The highest BCUT2D eigenvalue weighted by Gasteiger charge is 2.14. The number of benzene rings is 3. The van der Waals surface area contributed by atoms with Crippen molar-refractivity contribution in [3.05, 3.63) is 89.7 Å². The quantitative estimate of drug-likeness (QED) is 0.418. The summed E-state index contributed by atoms with van der Waals surface area (Å²) in [6.45, 7) is 2.03. The SMILES string of the molecule is COc1ccc(CCNC(=O)COC(=O)c2ccc3c(c2)nc(C)n3-c2ccccc2)cc1. The van der Waals surface area contributed by atoms with Gasteiger partial charge >= 0.3 is 5.97 Å². The molecule has 0 spiro atoms. The molecule has 1 amide bonds. The molecule has 4 aromatic rings. The third kappa shape index (κ3) is 5.20. The monoisotopic (exact) mass is 443 g/mol. The van der Waals surface area contributed by atoms with E-state index in [0.29, 0.717) is 24.0 Å². The fourth-order valence-corrected chi connectivity index (χ4v) is 3.63. The van der Waals surface area contributed by atoms with E-state index in [-0.39, 0.29) is 12.5 Å². The lowest BCUT2D eigenvalue weighted by Gasteiger charge is -2.08. The Labute approximate surface area is 192 Å². The summed E-state index contributed by atoms with van der Waals surface area (Å²) in [7, 11) is 1.62. The Kier molecular flexibility index (Phi) is 6.69. The first-order valence-corrected chi connectivity index (χ1v) is 10.7. The number of nitrogens with one attached hydrogen (secondary N) is 1. The van der Waals surface area contributed by atoms with E-state index in [1.54, 1.807) is 19.2 Å². The van der Waals surface area contributed by atoms with Crippen LogP contribution >= 0.6 is 0 Å². The molecule has 4 rings (SSSR count). The minimum absolute atomic E-state index is 0.336. The van der Waals surface area contributed by atoms with Crippen LogP contribution in [-0.2, 0) is 16.0 Å². The number of amides is 1. The van der Waals surface area contributed by atoms with Gasteiger partial charge in [-0.25, -0.2) is 9.78 Å². The number of rotatable bonds is 8. The molecule has 0 aliphatic rings. The number of carbonyl (C=O) groups excluding carboxylic acids is 2. The van der Waals surface area contributed by atoms with Crippen LogP contribution in [0.15, 0.2) is 72.8 Å². The number of aryl methyl sites for hydroxylation is 1. The van der Waals surface area contributed by atoms with Crippen LogP contribution in [0.5, 0.6) is 5.75 Å². The maximum absolute atomic E-state index is 12.5. The molecule has 7 nitrogen and oxygen atoms in total. The molecule has 1 N–H and O–H groups in total. The average Bonchev–Trinajstić information content (AvgIpc) is 3.18. The van der Waals surface area contributed by atoms with Crippen LogP contribution in [0, 0.1) is 6.92 Å². The molecule has 0 saturated heterocycles. The number of carbonyl (C=O) groups is 2. The fourth-order valence-electron chi connectivity index (χ4n) is 3.63. The van der Waals surface area contributed by atoms with Crippen LogP contribution in [0.25, 0.3) is 16.7 Å². The number of hydrogen-bond acceptors (Lipinski definition) is 5. The maximum Gasteiger partial charge on any atom is 0.338 e. The van der Waals surface area contributed by atoms with Gasteiger partial charge in [-0.2, -0.15) is 0 Å². The maximum atomic E-state index is 12.5. The molecule has 0 fully saturated rings. The van der Waals surface area contributed by atoms with Gasteiger partial charge in [0.2, 0.25) is 0 Å². The van der Waals surface area contributed by atoms with E-state index in [1.807, 2.05) is 72.2 Å². The van der Waals surface area contributed by atoms with Crippen molar-refractivity contribution in [2.45, 2.75) is 13.3 Å². The highest BCUT2D eigenvalue weighted by Crippen LogP contribution is 2.22. The van der Waals surface area contributed by atoms with Crippen molar-refractivity contribution < 1.29 is 19.1 Å². The van der Waals surface area contributed by atoms with E-state index < -0.39 is 5.97 Å². The lowest BCUT2D eigenvalue weighted by molar-refractivity contribution is -0.124. The molecule has 0 aliphatic heterocycles. The fraction of sp³-hybridized carbons (Fsp3) is 0.192. The minimum Gasteiger partial charge on any atom is -0.497 e. The van der Waals surface area contributed by atoms with Crippen molar-refractivity contribution in [1.29, 1.82) is 0 Å². The van der Waals surface area contributed by atoms with E-state index in [0.717, 1.165) is 28.3 Å². The Hall–Kier alpha value is -4.13. The highest BCUT2D eigenvalue weighted by molar-refractivity contribution is 5.95. The highest BCUT2D eigenvalue weighted by atomic mass is 16.5. The number of imidazole rings is 1. The van der Waals surface area contributed by atoms with E-state index in [1.165, 1.54) is 0 Å². The molecular weight excluding hydrogens is 418 g/mol. The number of nitrogens with zero attached hydrogens (tertiary/aromatic N) is 2. The summed E-state index contributed by atoms with van der Waals surface area (Å²) in [5.74, 6) is 0.698. The molecule has 0 saturated carbocycles. The van der Waals surface area contributed by atoms with Gasteiger partial charge in [-0.15, -0.1) is 0 Å². The summed E-state index contributed by atoms with van der Waals surface area (Å²) in [5, 5.41) is 2.76. The van der Waals surface area contributed by atoms with Crippen molar-refractivity contribution in [1.82, 2.24) is 14.9 Å². The van der Waals surface area contributed by atoms with Gasteiger partial charge in [0.1, 0.15) is 11.6 Å². The molecule has 0 radical (unpaired) electrons. The zero-order valence-electron chi connectivity index (χ0n) is 18.6. The number of methoxy groups -OCH3 is 1. The molecule has 0 unspecified atom stereocenters. The second kappa shape index (κ2) is 9.99. The molecule has 33 heavy (non-hydrogen) atoms. The average molecular weight is 444 g/mol. The van der Waals surface area contributed by atoms with Gasteiger partial charge in [-0.3, -0.25) is 9.36 Å². The zero-order valence-corrected chi connectivity index (χ0v) is 18.6. The Morgan fingerprint density at radius 2 is 1.76 bits per heavy atom. The van der Waals surface area contributed by atoms with Crippen molar-refractivity contribution >= 4 is 22.9 Å². The smallest absolute Gasteiger partial charge is 0.338 e. The summed E-state index contributed by atoms with van der Waals surface area (Å²) in [4.78, 5) is 29.1. The van der Waals surface area contributed by atoms with E-state index in [2.05, 4.69) is 10.3 Å². The van der Waals surface area contributed by atoms with Crippen molar-refractivity contribution in [2.24, 2.45) is 0 Å². The summed E-state index contributed by atoms with van der Waals surface area (Å²) in [6, 6.07) is 22.8. The predicted octanol–water partition coefficient (Wildman–Crippen LogP) is 3.86. The number of aromatic nitrogens is 2. The second-order valence-electron chi connectivity index (χ2n) is 7.56. The number of ether oxygens (including phenoxy) is 2. The second-order valence-corrected chi connectivity index (χ2v) is 7.56. The molecule has 1 aromatic heterocycles. The van der Waals surface area contributed by atoms with Gasteiger partial charge in [-0.05, 0) is 61.4 Å². The van der Waals surface area contributed by atoms with Crippen LogP contribution in [0.2, 0.25) is 0 Å². The third-order valence-corrected chi connectivity index (χ3v) is 5.30. The van der Waals surface area contributed by atoms with Crippen LogP contribution in [0.3, 0.4) is 0 Å². The van der Waals surface area contributed by atoms with Gasteiger partial charge in [0, 0.05) is 12.2 Å². The van der Waals surface area contributed by atoms with E-state index in [9.17, 15) is 9.59 Å². The van der Waals surface area contributed by atoms with Gasteiger partial charge in [0.15, 0.2) is 6.61 Å². The minimum atomic E-state index is -0.561. The Bertz CT molecular complexity index is 1260. The van der Waals surface area contributed by atoms with Crippen molar-refractivity contribution in [3.63, 3.8) is 0 Å². The van der Waals surface area contributed by atoms with E-state index in [4.69, 9.17) is 9.47 Å². The number of hydrogen-bond donors (Lipinski definition) is 1. The lowest BCUT2D eigenvalue weighted by Crippen LogP contribution is -2.30. The lowest BCUT2D eigenvalue weighted by atomic mass is 10.1. The molecule has 0 bridgehead atoms. The first-order chi connectivity index (χ1) is 16.0. The summed E-state index contributed by atoms with van der Waals surface area (Å²) in [5.41, 5.74) is 4.01. The molecule has 1 heterocycles. The topological polar surface area (TPSA) is 82.4 Å². The van der Waals surface area contributed by atoms with Crippen molar-refractivity contribution in [3.8, 4) is 11.4 Å². The largest absolute Gasteiger partial charge is 0.497 e. The number of para-hydroxylation sites is 1. The predicted molar refractivity (Wildman–Crippen MR) is 126 cm³/mol. The van der Waals surface area contributed by atoms with Crippen LogP contribution in [-0.4, -0.2) is 41.7 Å². The number of esters is 1. The summed E-state index contributed by atoms with van der Waals surface area (Å²) < 4.78 is 12.4. The van der Waals surface area contributed by atoms with Crippen molar-refractivity contribution in [2.75, 3.05) is 20.3 Å². The Morgan fingerprint density at radius 1 is 1.00 bits per heavy atom. The Balaban J connectivity index is 1.32. The first kappa shape index (κ1) is 22.1. The summed E-state index contributed by atoms with van der Waals surface area (Å²) in [6.07, 6.45) is 0.670. The van der Waals surface area contributed by atoms with E-state index >= 15 is 0 Å². The molecule has 3 aromatic carbocycles. The first-order valence-electron chi connectivity index (χ1n) is 10.7. The van der Waals surface area contributed by atoms with Crippen LogP contribution in [0.1, 0.15) is 21.7 Å². The molecule has 0 atom stereocenters. The standard InChI is InChI=1S/C26H25N3O4/c1-18-28-23-16-20(10-13-24(23)29(18)21-6-4-3-5-7-21)26(31)33-17-25(30)27-15-14-19-8-11-22(32-2)12-9-19/h3-13,16H,14-15,17H2,1-2H3,(H,27,30). The summed E-state index contributed by atoms with van der Waals surface area (Å²) >= 11 is 0. The zero-order chi connectivity index (χ0) is 23.2. The third-order valence-electron chi connectivity index (χ3n) is 5.30. The normalized spacial score (nSPS) is 10.7. The van der Waals surface area contributed by atoms with Gasteiger partial charge in [-0.1, -0.05) is 30.3 Å². The molecule has 7 heteroatoms. The van der Waals surface area contributed by atoms with Crippen LogP contribution < -0.4 is 10.1 Å². The van der Waals surface area contributed by atoms with Crippen LogP contribution in [0.4, 0.5) is 0 Å². The Morgan fingerprint density at radius 3 is 2.48 bits per heavy atom. The van der Waals surface area contributed by atoms with Gasteiger partial charge in [0.25, 0.3) is 5.91 Å².